The van der Waals surface area contributed by atoms with E-state index in [0.29, 0.717) is 6.54 Å². The maximum atomic E-state index is 5.61. The summed E-state index contributed by atoms with van der Waals surface area (Å²) in [7, 11) is 2.14. The molecule has 2 aromatic carbocycles. The summed E-state index contributed by atoms with van der Waals surface area (Å²) >= 11 is 0. The molecule has 2 heteroatoms. The Morgan fingerprint density at radius 1 is 0.950 bits per heavy atom. The van der Waals surface area contributed by atoms with Crippen LogP contribution in [0.1, 0.15) is 22.3 Å². The van der Waals surface area contributed by atoms with E-state index in [4.69, 9.17) is 5.73 Å². The van der Waals surface area contributed by atoms with Crippen LogP contribution >= 0.6 is 0 Å². The monoisotopic (exact) mass is 268 g/mol. The summed E-state index contributed by atoms with van der Waals surface area (Å²) in [6.45, 7) is 5.92. The predicted octanol–water partition coefficient (Wildman–Crippen LogP) is 3.44. The average Bonchev–Trinajstić information content (AvgIpc) is 2.42. The maximum Gasteiger partial charge on any atom is 0.0426 e. The Hall–Kier alpha value is -1.80. The van der Waals surface area contributed by atoms with Crippen molar-refractivity contribution in [3.05, 3.63) is 64.7 Å². The molecule has 0 fully saturated rings. The molecule has 2 aromatic rings. The summed E-state index contributed by atoms with van der Waals surface area (Å²) < 4.78 is 0. The minimum absolute atomic E-state index is 0.706. The number of hydrogen-bond acceptors (Lipinski definition) is 2. The lowest BCUT2D eigenvalue weighted by atomic mass is 10.1. The van der Waals surface area contributed by atoms with Crippen LogP contribution in [0, 0.1) is 13.8 Å². The van der Waals surface area contributed by atoms with Crippen molar-refractivity contribution < 1.29 is 0 Å². The summed E-state index contributed by atoms with van der Waals surface area (Å²) in [6.07, 6.45) is 0.947. The first kappa shape index (κ1) is 14.6. The van der Waals surface area contributed by atoms with Crippen LogP contribution in [-0.2, 0) is 13.0 Å². The summed E-state index contributed by atoms with van der Waals surface area (Å²) in [4.78, 5) is 2.30. The number of anilines is 1. The molecule has 0 aromatic heterocycles. The van der Waals surface area contributed by atoms with Crippen LogP contribution < -0.4 is 10.6 Å². The van der Waals surface area contributed by atoms with Crippen LogP contribution in [-0.4, -0.2) is 13.6 Å². The fourth-order valence-electron chi connectivity index (χ4n) is 2.52. The van der Waals surface area contributed by atoms with Crippen molar-refractivity contribution in [3.8, 4) is 0 Å². The van der Waals surface area contributed by atoms with Crippen LogP contribution in [0.15, 0.2) is 42.5 Å². The molecular weight excluding hydrogens is 244 g/mol. The van der Waals surface area contributed by atoms with E-state index in [1.54, 1.807) is 0 Å². The standard InChI is InChI=1S/C18H24N2/c1-14-4-6-17(7-5-14)13-20(3)18-9-8-16(10-11-19)12-15(18)2/h4-9,12H,10-11,13,19H2,1-3H3. The van der Waals surface area contributed by atoms with Gasteiger partial charge in [-0.25, -0.2) is 0 Å². The van der Waals surface area contributed by atoms with Crippen LogP contribution in [0.3, 0.4) is 0 Å². The molecule has 2 rings (SSSR count). The minimum atomic E-state index is 0.706. The number of aryl methyl sites for hydroxylation is 2. The van der Waals surface area contributed by atoms with Gasteiger partial charge in [-0.15, -0.1) is 0 Å². The van der Waals surface area contributed by atoms with Gasteiger partial charge in [0, 0.05) is 19.3 Å². The Balaban J connectivity index is 2.12. The topological polar surface area (TPSA) is 29.3 Å². The number of hydrogen-bond donors (Lipinski definition) is 1. The van der Waals surface area contributed by atoms with Gasteiger partial charge >= 0.3 is 0 Å². The van der Waals surface area contributed by atoms with Gasteiger partial charge in [-0.05, 0) is 49.6 Å². The fraction of sp³-hybridized carbons (Fsp3) is 0.333. The average molecular weight is 268 g/mol. The molecule has 106 valence electrons. The van der Waals surface area contributed by atoms with Gasteiger partial charge in [0.2, 0.25) is 0 Å². The second-order valence-corrected chi connectivity index (χ2v) is 5.50. The lowest BCUT2D eigenvalue weighted by Crippen LogP contribution is -2.17. The lowest BCUT2D eigenvalue weighted by Gasteiger charge is -2.22. The van der Waals surface area contributed by atoms with E-state index in [1.807, 2.05) is 0 Å². The van der Waals surface area contributed by atoms with Gasteiger partial charge < -0.3 is 10.6 Å². The normalized spacial score (nSPS) is 10.6. The Kier molecular flexibility index (Phi) is 4.80. The summed E-state index contributed by atoms with van der Waals surface area (Å²) in [5, 5.41) is 0. The zero-order chi connectivity index (χ0) is 14.5. The number of benzene rings is 2. The third kappa shape index (κ3) is 3.61. The molecule has 20 heavy (non-hydrogen) atoms. The maximum absolute atomic E-state index is 5.61. The van der Waals surface area contributed by atoms with Gasteiger partial charge in [-0.2, -0.15) is 0 Å². The van der Waals surface area contributed by atoms with Gasteiger partial charge in [-0.1, -0.05) is 42.0 Å². The first-order valence-electron chi connectivity index (χ1n) is 7.16. The van der Waals surface area contributed by atoms with Crippen molar-refractivity contribution >= 4 is 5.69 Å². The molecule has 0 aliphatic rings. The Morgan fingerprint density at radius 2 is 1.60 bits per heavy atom. The van der Waals surface area contributed by atoms with Crippen LogP contribution in [0.2, 0.25) is 0 Å². The Labute approximate surface area is 122 Å². The molecule has 0 heterocycles. The summed E-state index contributed by atoms with van der Waals surface area (Å²) in [6, 6.07) is 15.4. The van der Waals surface area contributed by atoms with Gasteiger partial charge in [0.05, 0.1) is 0 Å². The molecular formula is C18H24N2. The Morgan fingerprint density at radius 3 is 2.20 bits per heavy atom. The van der Waals surface area contributed by atoms with Crippen LogP contribution in [0.25, 0.3) is 0 Å². The largest absolute Gasteiger partial charge is 0.370 e. The highest BCUT2D eigenvalue weighted by atomic mass is 15.1. The molecule has 2 N–H and O–H groups in total. The highest BCUT2D eigenvalue weighted by Gasteiger charge is 2.06. The molecule has 0 atom stereocenters. The van der Waals surface area contributed by atoms with Crippen molar-refractivity contribution in [2.24, 2.45) is 5.73 Å². The van der Waals surface area contributed by atoms with Gasteiger partial charge in [-0.3, -0.25) is 0 Å². The lowest BCUT2D eigenvalue weighted by molar-refractivity contribution is 0.911. The van der Waals surface area contributed by atoms with Crippen molar-refractivity contribution in [2.75, 3.05) is 18.5 Å². The molecule has 0 spiro atoms. The minimum Gasteiger partial charge on any atom is -0.370 e. The van der Waals surface area contributed by atoms with Crippen LogP contribution in [0.5, 0.6) is 0 Å². The molecule has 0 bridgehead atoms. The molecule has 0 aliphatic heterocycles. The molecule has 0 aliphatic carbocycles. The Bertz CT molecular complexity index is 558. The van der Waals surface area contributed by atoms with E-state index in [-0.39, 0.29) is 0 Å². The second-order valence-electron chi connectivity index (χ2n) is 5.50. The van der Waals surface area contributed by atoms with E-state index in [1.165, 1.54) is 27.9 Å². The van der Waals surface area contributed by atoms with E-state index in [0.717, 1.165) is 13.0 Å². The first-order valence-corrected chi connectivity index (χ1v) is 7.16. The molecule has 2 nitrogen and oxygen atoms in total. The number of nitrogens with two attached hydrogens (primary N) is 1. The van der Waals surface area contributed by atoms with E-state index < -0.39 is 0 Å². The SMILES string of the molecule is Cc1ccc(CN(C)c2ccc(CCN)cc2C)cc1. The smallest absolute Gasteiger partial charge is 0.0426 e. The second kappa shape index (κ2) is 6.58. The molecule has 0 amide bonds. The highest BCUT2D eigenvalue weighted by Crippen LogP contribution is 2.22. The van der Waals surface area contributed by atoms with Crippen molar-refractivity contribution in [2.45, 2.75) is 26.8 Å². The predicted molar refractivity (Wildman–Crippen MR) is 87.2 cm³/mol. The number of nitrogens with zero attached hydrogens (tertiary/aromatic N) is 1. The molecule has 0 radical (unpaired) electrons. The molecule has 0 unspecified atom stereocenters. The van der Waals surface area contributed by atoms with Gasteiger partial charge in [0.1, 0.15) is 0 Å². The fourth-order valence-corrected chi connectivity index (χ4v) is 2.52. The quantitative estimate of drug-likeness (QED) is 0.900. The van der Waals surface area contributed by atoms with E-state index in [9.17, 15) is 0 Å². The van der Waals surface area contributed by atoms with Gasteiger partial charge in [0.15, 0.2) is 0 Å². The number of rotatable bonds is 5. The third-order valence-corrected chi connectivity index (χ3v) is 3.65. The van der Waals surface area contributed by atoms with E-state index >= 15 is 0 Å². The third-order valence-electron chi connectivity index (χ3n) is 3.65. The van der Waals surface area contributed by atoms with Crippen molar-refractivity contribution in [3.63, 3.8) is 0 Å². The van der Waals surface area contributed by atoms with Crippen LogP contribution in [0.4, 0.5) is 5.69 Å². The molecule has 0 saturated heterocycles. The zero-order valence-corrected chi connectivity index (χ0v) is 12.7. The first-order chi connectivity index (χ1) is 9.60. The summed E-state index contributed by atoms with van der Waals surface area (Å²) in [5.41, 5.74) is 12.2. The van der Waals surface area contributed by atoms with Crippen molar-refractivity contribution in [1.29, 1.82) is 0 Å². The van der Waals surface area contributed by atoms with E-state index in [2.05, 4.69) is 68.3 Å². The summed E-state index contributed by atoms with van der Waals surface area (Å²) in [5.74, 6) is 0. The van der Waals surface area contributed by atoms with Crippen molar-refractivity contribution in [1.82, 2.24) is 0 Å². The highest BCUT2D eigenvalue weighted by molar-refractivity contribution is 5.54. The zero-order valence-electron chi connectivity index (χ0n) is 12.7. The molecule has 0 saturated carbocycles. The van der Waals surface area contributed by atoms with Gasteiger partial charge in [0.25, 0.3) is 0 Å².